The van der Waals surface area contributed by atoms with Crippen molar-refractivity contribution in [2.24, 2.45) is 12.5 Å². The quantitative estimate of drug-likeness (QED) is 0.701. The van der Waals surface area contributed by atoms with Crippen molar-refractivity contribution in [1.82, 2.24) is 20.2 Å². The molecule has 0 bridgehead atoms. The number of halogens is 1. The van der Waals surface area contributed by atoms with Crippen LogP contribution in [-0.4, -0.2) is 38.1 Å². The zero-order chi connectivity index (χ0) is 10.3. The average Bonchev–Trinajstić information content (AvgIpc) is 2.58. The van der Waals surface area contributed by atoms with Gasteiger partial charge in [0.05, 0.1) is 0 Å². The van der Waals surface area contributed by atoms with Crippen molar-refractivity contribution >= 4 is 21.9 Å². The molecule has 5 nitrogen and oxygen atoms in total. The maximum atomic E-state index is 4.00. The van der Waals surface area contributed by atoms with E-state index in [1.807, 2.05) is 7.05 Å². The monoisotopic (exact) mass is 259 g/mol. The topological polar surface area (TPSA) is 46.8 Å². The van der Waals surface area contributed by atoms with Crippen LogP contribution in [0.4, 0.5) is 5.95 Å². The highest BCUT2D eigenvalue weighted by Crippen LogP contribution is 2.36. The first-order chi connectivity index (χ1) is 6.50. The van der Waals surface area contributed by atoms with Crippen molar-refractivity contribution in [1.29, 1.82) is 0 Å². The summed E-state index contributed by atoms with van der Waals surface area (Å²) in [5.74, 6) is 0.847. The molecule has 6 heteroatoms. The molecule has 1 fully saturated rings. The average molecular weight is 260 g/mol. The van der Waals surface area contributed by atoms with E-state index in [-0.39, 0.29) is 5.41 Å². The van der Waals surface area contributed by atoms with E-state index in [2.05, 4.69) is 50.2 Å². The van der Waals surface area contributed by atoms with Crippen LogP contribution < -0.4 is 4.90 Å². The molecular weight excluding hydrogens is 246 g/mol. The first-order valence-corrected chi connectivity index (χ1v) is 5.53. The predicted octanol–water partition coefficient (Wildman–Crippen LogP) is 0.820. The molecule has 1 atom stereocenters. The zero-order valence-electron chi connectivity index (χ0n) is 8.61. The molecule has 1 aliphatic heterocycles. The van der Waals surface area contributed by atoms with Crippen LogP contribution in [0.15, 0.2) is 0 Å². The summed E-state index contributed by atoms with van der Waals surface area (Å²) < 4.78 is 1.71. The molecular formula is C8H14BrN5. The van der Waals surface area contributed by atoms with E-state index in [1.165, 1.54) is 0 Å². The third kappa shape index (κ3) is 1.51. The Bertz CT molecular complexity index is 334. The Kier molecular flexibility index (Phi) is 2.25. The van der Waals surface area contributed by atoms with Crippen molar-refractivity contribution < 1.29 is 0 Å². The Balaban J connectivity index is 2.21. The summed E-state index contributed by atoms with van der Waals surface area (Å²) in [7, 11) is 1.86. The smallest absolute Gasteiger partial charge is 0.245 e. The van der Waals surface area contributed by atoms with Gasteiger partial charge in [0.2, 0.25) is 5.95 Å². The Labute approximate surface area is 91.6 Å². The van der Waals surface area contributed by atoms with Gasteiger partial charge in [0.25, 0.3) is 0 Å². The second-order valence-electron chi connectivity index (χ2n) is 4.44. The van der Waals surface area contributed by atoms with Crippen LogP contribution >= 0.6 is 15.9 Å². The third-order valence-electron chi connectivity index (χ3n) is 2.71. The number of aryl methyl sites for hydroxylation is 1. The van der Waals surface area contributed by atoms with Gasteiger partial charge < -0.3 is 4.90 Å². The second-order valence-corrected chi connectivity index (χ2v) is 5.54. The minimum Gasteiger partial charge on any atom is -0.338 e. The molecule has 0 aromatic carbocycles. The highest BCUT2D eigenvalue weighted by Gasteiger charge is 2.39. The maximum absolute atomic E-state index is 4.00. The van der Waals surface area contributed by atoms with Crippen LogP contribution in [0.25, 0.3) is 0 Å². The van der Waals surface area contributed by atoms with E-state index in [4.69, 9.17) is 0 Å². The fraction of sp³-hybridized carbons (Fsp3) is 0.875. The first-order valence-electron chi connectivity index (χ1n) is 4.62. The molecule has 0 aliphatic carbocycles. The van der Waals surface area contributed by atoms with E-state index in [0.717, 1.165) is 19.0 Å². The third-order valence-corrected chi connectivity index (χ3v) is 4.24. The minimum absolute atomic E-state index is 0.270. The van der Waals surface area contributed by atoms with Crippen molar-refractivity contribution in [3.63, 3.8) is 0 Å². The molecule has 1 aromatic rings. The van der Waals surface area contributed by atoms with Crippen molar-refractivity contribution in [2.75, 3.05) is 18.0 Å². The molecule has 0 amide bonds. The van der Waals surface area contributed by atoms with Crippen molar-refractivity contribution in [3.8, 4) is 0 Å². The summed E-state index contributed by atoms with van der Waals surface area (Å²) in [6, 6.07) is 0. The van der Waals surface area contributed by atoms with Crippen molar-refractivity contribution in [2.45, 2.75) is 18.7 Å². The Hall–Kier alpha value is -0.650. The van der Waals surface area contributed by atoms with Crippen LogP contribution in [0, 0.1) is 5.41 Å². The molecule has 0 radical (unpaired) electrons. The Morgan fingerprint density at radius 2 is 2.21 bits per heavy atom. The van der Waals surface area contributed by atoms with Gasteiger partial charge >= 0.3 is 0 Å². The van der Waals surface area contributed by atoms with Gasteiger partial charge in [-0.1, -0.05) is 34.9 Å². The summed E-state index contributed by atoms with van der Waals surface area (Å²) >= 11 is 3.69. The largest absolute Gasteiger partial charge is 0.338 e. The number of rotatable bonds is 1. The molecule has 0 spiro atoms. The number of alkyl halides is 1. The molecule has 1 saturated heterocycles. The SMILES string of the molecule is Cn1nnnc1N1CC(Br)C(C)(C)C1. The van der Waals surface area contributed by atoms with Crippen LogP contribution in [0.2, 0.25) is 0 Å². The van der Waals surface area contributed by atoms with E-state index < -0.39 is 0 Å². The molecule has 1 aromatic heterocycles. The zero-order valence-corrected chi connectivity index (χ0v) is 10.2. The minimum atomic E-state index is 0.270. The van der Waals surface area contributed by atoms with Gasteiger partial charge in [-0.05, 0) is 15.8 Å². The molecule has 1 aliphatic rings. The molecule has 14 heavy (non-hydrogen) atoms. The van der Waals surface area contributed by atoms with E-state index in [9.17, 15) is 0 Å². The van der Waals surface area contributed by atoms with Crippen LogP contribution in [0.5, 0.6) is 0 Å². The highest BCUT2D eigenvalue weighted by molar-refractivity contribution is 9.09. The number of tetrazole rings is 1. The number of aromatic nitrogens is 4. The normalized spacial score (nSPS) is 25.7. The summed E-state index contributed by atoms with van der Waals surface area (Å²) in [6.07, 6.45) is 0. The number of anilines is 1. The van der Waals surface area contributed by atoms with Gasteiger partial charge in [-0.15, -0.1) is 0 Å². The van der Waals surface area contributed by atoms with E-state index >= 15 is 0 Å². The van der Waals surface area contributed by atoms with Gasteiger partial charge in [-0.2, -0.15) is 0 Å². The van der Waals surface area contributed by atoms with Gasteiger partial charge in [-0.3, -0.25) is 0 Å². The number of hydrogen-bond acceptors (Lipinski definition) is 4. The summed E-state index contributed by atoms with van der Waals surface area (Å²) in [4.78, 5) is 2.70. The van der Waals surface area contributed by atoms with Gasteiger partial charge in [0.1, 0.15) is 0 Å². The van der Waals surface area contributed by atoms with Crippen LogP contribution in [0.1, 0.15) is 13.8 Å². The lowest BCUT2D eigenvalue weighted by Crippen LogP contribution is -2.25. The van der Waals surface area contributed by atoms with Crippen LogP contribution in [-0.2, 0) is 7.05 Å². The Morgan fingerprint density at radius 1 is 1.50 bits per heavy atom. The Morgan fingerprint density at radius 3 is 2.64 bits per heavy atom. The molecule has 0 saturated carbocycles. The molecule has 0 N–H and O–H groups in total. The standard InChI is InChI=1S/C8H14BrN5/c1-8(2)5-14(4-6(8)9)7-10-11-12-13(7)3/h6H,4-5H2,1-3H3. The van der Waals surface area contributed by atoms with Crippen molar-refractivity contribution in [3.05, 3.63) is 0 Å². The van der Waals surface area contributed by atoms with Crippen LogP contribution in [0.3, 0.4) is 0 Å². The van der Waals surface area contributed by atoms with Gasteiger partial charge in [0, 0.05) is 25.0 Å². The fourth-order valence-electron chi connectivity index (χ4n) is 1.74. The first kappa shape index (κ1) is 9.89. The molecule has 2 heterocycles. The lowest BCUT2D eigenvalue weighted by Gasteiger charge is -2.20. The molecule has 2 rings (SSSR count). The van der Waals surface area contributed by atoms with E-state index in [0.29, 0.717) is 4.83 Å². The van der Waals surface area contributed by atoms with Gasteiger partial charge in [0.15, 0.2) is 0 Å². The molecule has 78 valence electrons. The summed E-state index contributed by atoms with van der Waals surface area (Å²) in [5, 5.41) is 11.5. The number of hydrogen-bond donors (Lipinski definition) is 0. The maximum Gasteiger partial charge on any atom is 0.245 e. The second kappa shape index (κ2) is 3.18. The lowest BCUT2D eigenvalue weighted by molar-refractivity contribution is 0.433. The summed E-state index contributed by atoms with van der Waals surface area (Å²) in [5.41, 5.74) is 0.270. The van der Waals surface area contributed by atoms with E-state index in [1.54, 1.807) is 4.68 Å². The predicted molar refractivity (Wildman–Crippen MR) is 57.5 cm³/mol. The highest BCUT2D eigenvalue weighted by atomic mass is 79.9. The fourth-order valence-corrected chi connectivity index (χ4v) is 2.24. The number of nitrogens with zero attached hydrogens (tertiary/aromatic N) is 5. The molecule has 1 unspecified atom stereocenters. The summed E-state index contributed by atoms with van der Waals surface area (Å²) in [6.45, 7) is 6.44. The lowest BCUT2D eigenvalue weighted by atomic mass is 9.93. The van der Waals surface area contributed by atoms with Gasteiger partial charge in [-0.25, -0.2) is 4.68 Å².